The molecule has 6 nitrogen and oxygen atoms in total. The Hall–Kier alpha value is -7.93. The summed E-state index contributed by atoms with van der Waals surface area (Å²) in [5.74, 6) is 1.89. The van der Waals surface area contributed by atoms with Gasteiger partial charge < -0.3 is 5.32 Å². The minimum absolute atomic E-state index is 0.124. The van der Waals surface area contributed by atoms with Gasteiger partial charge in [0.25, 0.3) is 0 Å². The Kier molecular flexibility index (Phi) is 10.5. The smallest absolute Gasteiger partial charge is 0.164 e. The van der Waals surface area contributed by atoms with E-state index in [4.69, 9.17) is 24.9 Å². The lowest BCUT2D eigenvalue weighted by atomic mass is 9.89. The standard InChI is InChI=1S/C56H42N6/c1-37-16-12-28-50(57-37)45-30-31-48(51-29-13-17-38(2)58-51)49(34-45)47-35-52(39-18-6-3-7-19-39)59-53(36-47)44-26-14-24-42(32-44)43-25-15-27-46(33-43)56-61-54(40-20-8-4-9-21-40)60-55(62-56)41-22-10-5-11-23-41/h3-36,51,58H,1-2H3/p+1. The third-order valence-electron chi connectivity index (χ3n) is 11.2. The quantitative estimate of drug-likeness (QED) is 0.157. The molecule has 3 aromatic heterocycles. The Bertz CT molecular complexity index is 3060. The third-order valence-corrected chi connectivity index (χ3v) is 11.2. The highest BCUT2D eigenvalue weighted by Gasteiger charge is 2.22. The minimum Gasteiger partial charge on any atom is -0.308 e. The van der Waals surface area contributed by atoms with E-state index < -0.39 is 0 Å². The first kappa shape index (κ1) is 38.3. The van der Waals surface area contributed by atoms with Crippen LogP contribution in [0.3, 0.4) is 0 Å². The molecule has 296 valence electrons. The van der Waals surface area contributed by atoms with Crippen LogP contribution in [-0.4, -0.2) is 24.9 Å². The molecule has 2 N–H and O–H groups in total. The zero-order chi connectivity index (χ0) is 41.8. The second-order valence-electron chi connectivity index (χ2n) is 15.6. The molecule has 6 heteroatoms. The number of nitrogens with zero attached hydrogens (tertiary/aromatic N) is 5. The van der Waals surface area contributed by atoms with Gasteiger partial charge in [-0.05, 0) is 83.8 Å². The van der Waals surface area contributed by atoms with Gasteiger partial charge in [0.05, 0.1) is 17.1 Å². The molecular formula is C56H43N6+. The Balaban J connectivity index is 1.09. The van der Waals surface area contributed by atoms with Crippen LogP contribution in [0.4, 0.5) is 0 Å². The molecule has 0 amide bonds. The summed E-state index contributed by atoms with van der Waals surface area (Å²) in [7, 11) is 0. The number of allylic oxidation sites excluding steroid dienone is 3. The second-order valence-corrected chi connectivity index (χ2v) is 15.6. The van der Waals surface area contributed by atoms with Gasteiger partial charge in [0.15, 0.2) is 17.5 Å². The number of benzene rings is 6. The largest absolute Gasteiger partial charge is 0.308 e. The van der Waals surface area contributed by atoms with E-state index in [1.807, 2.05) is 79.7 Å². The molecule has 1 atom stereocenters. The maximum absolute atomic E-state index is 5.35. The topological polar surface area (TPSA) is 81.1 Å². The van der Waals surface area contributed by atoms with E-state index in [2.05, 4.69) is 146 Å². The molecule has 0 aliphatic carbocycles. The van der Waals surface area contributed by atoms with Crippen molar-refractivity contribution in [2.45, 2.75) is 19.9 Å². The van der Waals surface area contributed by atoms with E-state index in [-0.39, 0.29) is 6.04 Å². The van der Waals surface area contributed by atoms with Gasteiger partial charge >= 0.3 is 0 Å². The van der Waals surface area contributed by atoms with Crippen molar-refractivity contribution in [3.63, 3.8) is 0 Å². The van der Waals surface area contributed by atoms with Crippen LogP contribution < -0.4 is 5.32 Å². The molecule has 1 aliphatic heterocycles. The van der Waals surface area contributed by atoms with Crippen LogP contribution in [0.5, 0.6) is 0 Å². The summed E-state index contributed by atoms with van der Waals surface area (Å²) in [6.07, 6.45) is 6.60. The Morgan fingerprint density at radius 2 is 0.887 bits per heavy atom. The first-order chi connectivity index (χ1) is 30.5. The summed E-state index contributed by atoms with van der Waals surface area (Å²) in [6, 6.07) is 65.3. The second kappa shape index (κ2) is 17.0. The molecule has 10 rings (SSSR count). The van der Waals surface area contributed by atoms with E-state index in [0.29, 0.717) is 17.5 Å². The average Bonchev–Trinajstić information content (AvgIpc) is 3.34. The molecule has 62 heavy (non-hydrogen) atoms. The molecule has 0 spiro atoms. The fourth-order valence-corrected chi connectivity index (χ4v) is 8.10. The van der Waals surface area contributed by atoms with Crippen LogP contribution in [0.2, 0.25) is 0 Å². The van der Waals surface area contributed by atoms with Gasteiger partial charge in [0.1, 0.15) is 11.7 Å². The highest BCUT2D eigenvalue weighted by molar-refractivity contribution is 5.83. The van der Waals surface area contributed by atoms with Crippen LogP contribution >= 0.6 is 0 Å². The first-order valence-corrected chi connectivity index (χ1v) is 20.9. The lowest BCUT2D eigenvalue weighted by Crippen LogP contribution is -2.82. The van der Waals surface area contributed by atoms with Crippen molar-refractivity contribution in [1.82, 2.24) is 24.9 Å². The maximum Gasteiger partial charge on any atom is 0.164 e. The first-order valence-electron chi connectivity index (χ1n) is 20.9. The van der Waals surface area contributed by atoms with Gasteiger partial charge in [-0.3, -0.25) is 4.98 Å². The number of aromatic nitrogens is 5. The molecule has 1 aliphatic rings. The van der Waals surface area contributed by atoms with Crippen LogP contribution in [-0.2, 0) is 0 Å². The Morgan fingerprint density at radius 3 is 1.52 bits per heavy atom. The molecule has 9 aromatic rings. The van der Waals surface area contributed by atoms with E-state index in [9.17, 15) is 0 Å². The predicted molar refractivity (Wildman–Crippen MR) is 251 cm³/mol. The van der Waals surface area contributed by atoms with E-state index in [1.165, 1.54) is 11.3 Å². The van der Waals surface area contributed by atoms with Crippen molar-refractivity contribution in [2.75, 3.05) is 0 Å². The Labute approximate surface area is 362 Å². The number of aryl methyl sites for hydroxylation is 1. The molecule has 0 saturated heterocycles. The van der Waals surface area contributed by atoms with E-state index >= 15 is 0 Å². The summed E-state index contributed by atoms with van der Waals surface area (Å²) >= 11 is 0. The maximum atomic E-state index is 5.35. The number of rotatable bonds is 9. The van der Waals surface area contributed by atoms with Gasteiger partial charge in [0.2, 0.25) is 0 Å². The van der Waals surface area contributed by atoms with Crippen LogP contribution in [0.15, 0.2) is 212 Å². The summed E-state index contributed by atoms with van der Waals surface area (Å²) in [4.78, 5) is 25.2. The zero-order valence-corrected chi connectivity index (χ0v) is 34.5. The number of hydrogen-bond donors (Lipinski definition) is 1. The van der Waals surface area contributed by atoms with Gasteiger partial charge in [-0.25, -0.2) is 19.9 Å². The number of nitrogens with two attached hydrogens (primary N) is 1. The number of pyridine rings is 2. The summed E-state index contributed by atoms with van der Waals surface area (Å²) < 4.78 is 0. The number of hydrogen-bond acceptors (Lipinski definition) is 5. The number of quaternary nitrogens is 1. The van der Waals surface area contributed by atoms with Crippen molar-refractivity contribution in [2.24, 2.45) is 0 Å². The summed E-state index contributed by atoms with van der Waals surface area (Å²) in [6.45, 7) is 4.20. The lowest BCUT2D eigenvalue weighted by molar-refractivity contribution is -0.640. The minimum atomic E-state index is 0.124. The van der Waals surface area contributed by atoms with E-state index in [1.54, 1.807) is 0 Å². The van der Waals surface area contributed by atoms with Crippen molar-refractivity contribution in [3.05, 3.63) is 223 Å². The monoisotopic (exact) mass is 799 g/mol. The lowest BCUT2D eigenvalue weighted by Gasteiger charge is -2.20. The summed E-state index contributed by atoms with van der Waals surface area (Å²) in [5.41, 5.74) is 16.5. The highest BCUT2D eigenvalue weighted by atomic mass is 15.0. The van der Waals surface area contributed by atoms with Crippen LogP contribution in [0, 0.1) is 6.92 Å². The van der Waals surface area contributed by atoms with Gasteiger partial charge in [0, 0.05) is 51.6 Å². The van der Waals surface area contributed by atoms with Crippen molar-refractivity contribution in [3.8, 4) is 90.2 Å². The fraction of sp³-hybridized carbons (Fsp3) is 0.0536. The molecule has 1 unspecified atom stereocenters. The molecule has 6 aromatic carbocycles. The average molecular weight is 800 g/mol. The molecule has 0 bridgehead atoms. The van der Waals surface area contributed by atoms with Crippen molar-refractivity contribution >= 4 is 0 Å². The van der Waals surface area contributed by atoms with E-state index in [0.717, 1.165) is 78.4 Å². The normalized spacial score (nSPS) is 13.5. The zero-order valence-electron chi connectivity index (χ0n) is 34.5. The molecule has 0 saturated carbocycles. The highest BCUT2D eigenvalue weighted by Crippen LogP contribution is 2.38. The van der Waals surface area contributed by atoms with Gasteiger partial charge in [-0.15, -0.1) is 0 Å². The SMILES string of the molecule is CC1=CC=CC(c2ccc(-c3cccc(C)n3)cc2-c2cc(-c3ccccc3)nc(-c3cccc(-c4cccc(-c5nc(-c6ccccc6)nc(-c6ccccc6)n5)c4)c3)c2)[NH2+]1. The van der Waals surface area contributed by atoms with Crippen LogP contribution in [0.1, 0.15) is 24.2 Å². The Morgan fingerprint density at radius 1 is 0.371 bits per heavy atom. The van der Waals surface area contributed by atoms with Crippen molar-refractivity contribution in [1.29, 1.82) is 0 Å². The third kappa shape index (κ3) is 8.15. The molecule has 0 radical (unpaired) electrons. The molecule has 4 heterocycles. The van der Waals surface area contributed by atoms with Gasteiger partial charge in [-0.2, -0.15) is 0 Å². The van der Waals surface area contributed by atoms with Crippen LogP contribution in [0.25, 0.3) is 90.2 Å². The predicted octanol–water partition coefficient (Wildman–Crippen LogP) is 12.4. The molecule has 0 fully saturated rings. The van der Waals surface area contributed by atoms with Gasteiger partial charge in [-0.1, -0.05) is 152 Å². The fourth-order valence-electron chi connectivity index (χ4n) is 8.10. The molecular weight excluding hydrogens is 757 g/mol. The summed E-state index contributed by atoms with van der Waals surface area (Å²) in [5, 5.41) is 2.34. The van der Waals surface area contributed by atoms with Crippen molar-refractivity contribution < 1.29 is 5.32 Å².